The van der Waals surface area contributed by atoms with Crippen molar-refractivity contribution in [2.75, 3.05) is 13.3 Å². The van der Waals surface area contributed by atoms with E-state index in [-0.39, 0.29) is 22.6 Å². The fourth-order valence-electron chi connectivity index (χ4n) is 2.40. The molecule has 1 aromatic rings. The molecule has 0 bridgehead atoms. The summed E-state index contributed by atoms with van der Waals surface area (Å²) in [5.41, 5.74) is -1.80. The number of fused-ring (bicyclic) bond motifs is 1. The maximum Gasteiger partial charge on any atom is 0.430 e. The van der Waals surface area contributed by atoms with Gasteiger partial charge in [0.25, 0.3) is 0 Å². The fraction of sp³-hybridized carbons (Fsp3) is 0.444. The second-order valence-electron chi connectivity index (χ2n) is 6.79. The number of alkyl halides is 3. The molecule has 11 N–H and O–H groups in total. The van der Waals surface area contributed by atoms with Crippen LogP contribution in [0.3, 0.4) is 0 Å². The van der Waals surface area contributed by atoms with Crippen LogP contribution in [0.1, 0.15) is 25.0 Å². The van der Waals surface area contributed by atoms with Gasteiger partial charge in [0.2, 0.25) is 12.9 Å². The first-order valence-corrected chi connectivity index (χ1v) is 10.1. The van der Waals surface area contributed by atoms with E-state index in [1.54, 1.807) is 0 Å². The summed E-state index contributed by atoms with van der Waals surface area (Å²) < 4.78 is 49.1. The van der Waals surface area contributed by atoms with Crippen molar-refractivity contribution >= 4 is 33.9 Å². The zero-order valence-electron chi connectivity index (χ0n) is 18.4. The van der Waals surface area contributed by atoms with Crippen molar-refractivity contribution in [1.82, 2.24) is 5.32 Å². The molecule has 0 radical (unpaired) electrons. The van der Waals surface area contributed by atoms with Crippen molar-refractivity contribution in [3.63, 3.8) is 0 Å². The Hall–Kier alpha value is -2.35. The summed E-state index contributed by atoms with van der Waals surface area (Å²) in [5, 5.41) is 45.6. The van der Waals surface area contributed by atoms with E-state index in [9.17, 15) is 38.1 Å². The molecular weight excluding hydrogens is 555 g/mol. The fourth-order valence-corrected chi connectivity index (χ4v) is 2.87. The monoisotopic (exact) mass is 580 g/mol. The van der Waals surface area contributed by atoms with Gasteiger partial charge in [-0.2, -0.15) is 13.2 Å². The molecular formula is C18H26BrF3N3O10+. The number of aliphatic carboxylic acids is 1. The normalized spacial score (nSPS) is 14.9. The summed E-state index contributed by atoms with van der Waals surface area (Å²) in [4.78, 5) is 25.6. The third-order valence-electron chi connectivity index (χ3n) is 3.73. The van der Waals surface area contributed by atoms with E-state index in [1.165, 1.54) is 6.07 Å². The Bertz CT molecular complexity index is 892. The predicted molar refractivity (Wildman–Crippen MR) is 113 cm³/mol. The molecule has 1 aliphatic rings. The van der Waals surface area contributed by atoms with Crippen LogP contribution < -0.4 is 21.8 Å². The van der Waals surface area contributed by atoms with Crippen molar-refractivity contribution in [2.24, 2.45) is 5.90 Å². The number of hydrogen-bond donors (Lipinski definition) is 8. The molecule has 17 heteroatoms. The van der Waals surface area contributed by atoms with Gasteiger partial charge in [0, 0.05) is 16.1 Å². The number of carbonyl (C=O) groups excluding carboxylic acids is 1. The number of halogens is 4. The number of carbonyl (C=O) groups is 2. The summed E-state index contributed by atoms with van der Waals surface area (Å²) in [7, 11) is 0. The van der Waals surface area contributed by atoms with Gasteiger partial charge in [0.05, 0.1) is 17.7 Å². The Morgan fingerprint density at radius 2 is 1.83 bits per heavy atom. The second-order valence-corrected chi connectivity index (χ2v) is 7.71. The standard InChI is InChI=1S/C13H11BrF3NO7.C5H11NO2.H4NO/c14-6-1-5-2-7(11(19)23-4-24-18)10(12(15,16)17)25-9(5)8(3-6)13(20,21)22;1-4(2)6-3-5(7)8;1-2/h1-3,10,20-22H,4,18H2;4,6H,3H2,1-2H3,(H,7,8);2H,1H3/q;;+1. The molecule has 1 aromatic carbocycles. The van der Waals surface area contributed by atoms with Gasteiger partial charge < -0.3 is 35.2 Å². The van der Waals surface area contributed by atoms with Crippen molar-refractivity contribution in [3.05, 3.63) is 33.3 Å². The number of carboxylic acid groups (broad SMARTS) is 1. The molecule has 1 aliphatic heterocycles. The number of nitrogens with two attached hydrogens (primary N) is 1. The maximum atomic E-state index is 13.2. The lowest BCUT2D eigenvalue weighted by atomic mass is 9.98. The van der Waals surface area contributed by atoms with Crippen molar-refractivity contribution in [3.8, 4) is 5.75 Å². The molecule has 0 saturated heterocycles. The van der Waals surface area contributed by atoms with Crippen LogP contribution in [0.2, 0.25) is 0 Å². The second kappa shape index (κ2) is 14.3. The zero-order chi connectivity index (χ0) is 27.6. The number of nitrogens with one attached hydrogen (secondary N) is 1. The SMILES string of the molecule is CC(C)NCC(=O)O.NOCOC(=O)C1=Cc2cc(Br)cc(C(O)(O)O)c2OC1C(F)(F)F.[NH3+]O. The summed E-state index contributed by atoms with van der Waals surface area (Å²) in [6.07, 6.45) is -7.03. The smallest absolute Gasteiger partial charge is 0.430 e. The molecule has 1 atom stereocenters. The van der Waals surface area contributed by atoms with E-state index in [0.717, 1.165) is 12.1 Å². The number of benzene rings is 1. The minimum absolute atomic E-state index is 0.0532. The minimum atomic E-state index is -5.04. The van der Waals surface area contributed by atoms with Crippen LogP contribution in [0.4, 0.5) is 13.2 Å². The van der Waals surface area contributed by atoms with E-state index >= 15 is 0 Å². The van der Waals surface area contributed by atoms with Gasteiger partial charge in [-0.15, -0.1) is 0 Å². The largest absolute Gasteiger partial charge is 0.480 e. The summed E-state index contributed by atoms with van der Waals surface area (Å²) in [6.45, 7) is 3.08. The summed E-state index contributed by atoms with van der Waals surface area (Å²) >= 11 is 2.99. The third-order valence-corrected chi connectivity index (χ3v) is 4.18. The molecule has 0 aromatic heterocycles. The Kier molecular flexibility index (Phi) is 13.3. The number of esters is 1. The molecule has 35 heavy (non-hydrogen) atoms. The number of aliphatic hydroxyl groups is 3. The molecule has 2 rings (SSSR count). The Balaban J connectivity index is 0.000000982. The van der Waals surface area contributed by atoms with Crippen molar-refractivity contribution in [2.45, 2.75) is 38.1 Å². The number of ether oxygens (including phenoxy) is 2. The highest BCUT2D eigenvalue weighted by Gasteiger charge is 2.50. The van der Waals surface area contributed by atoms with Gasteiger partial charge in [-0.1, -0.05) is 29.8 Å². The van der Waals surface area contributed by atoms with Crippen LogP contribution in [0.15, 0.2) is 22.2 Å². The van der Waals surface area contributed by atoms with Gasteiger partial charge in [-0.3, -0.25) is 9.63 Å². The van der Waals surface area contributed by atoms with Crippen LogP contribution in [0.5, 0.6) is 5.75 Å². The zero-order valence-corrected chi connectivity index (χ0v) is 20.0. The molecule has 0 spiro atoms. The quantitative estimate of drug-likeness (QED) is 0.114. The van der Waals surface area contributed by atoms with Crippen molar-refractivity contribution in [1.29, 1.82) is 0 Å². The molecule has 1 unspecified atom stereocenters. The molecule has 1 heterocycles. The number of rotatable bonds is 7. The predicted octanol–water partition coefficient (Wildman–Crippen LogP) is -0.679. The lowest BCUT2D eigenvalue weighted by Crippen LogP contribution is -2.42. The highest BCUT2D eigenvalue weighted by molar-refractivity contribution is 9.10. The lowest BCUT2D eigenvalue weighted by molar-refractivity contribution is -0.670. The average Bonchev–Trinajstić information content (AvgIpc) is 2.75. The lowest BCUT2D eigenvalue weighted by Gasteiger charge is -2.30. The van der Waals surface area contributed by atoms with Crippen LogP contribution in [-0.4, -0.2) is 69.2 Å². The van der Waals surface area contributed by atoms with Crippen LogP contribution in [-0.2, 0) is 25.1 Å². The number of carboxylic acids is 1. The first kappa shape index (κ1) is 32.6. The van der Waals surface area contributed by atoms with Gasteiger partial charge in [0.15, 0.2) is 0 Å². The van der Waals surface area contributed by atoms with Crippen LogP contribution >= 0.6 is 15.9 Å². The summed E-state index contributed by atoms with van der Waals surface area (Å²) in [6, 6.07) is 2.45. The van der Waals surface area contributed by atoms with E-state index < -0.39 is 53.9 Å². The van der Waals surface area contributed by atoms with E-state index in [1.807, 2.05) is 13.8 Å². The average molecular weight is 581 g/mol. The molecule has 200 valence electrons. The first-order valence-electron chi connectivity index (χ1n) is 9.29. The van der Waals surface area contributed by atoms with E-state index in [0.29, 0.717) is 0 Å². The molecule has 0 saturated carbocycles. The molecule has 0 aliphatic carbocycles. The number of quaternary nitrogens is 1. The van der Waals surface area contributed by atoms with Gasteiger partial charge >= 0.3 is 24.1 Å². The maximum absolute atomic E-state index is 13.2. The Labute approximate surface area is 204 Å². The minimum Gasteiger partial charge on any atom is -0.480 e. The Morgan fingerprint density at radius 3 is 2.23 bits per heavy atom. The topological polar surface area (TPSA) is 229 Å². The number of hydrogen-bond acceptors (Lipinski definition) is 11. The highest BCUT2D eigenvalue weighted by Crippen LogP contribution is 2.42. The molecule has 13 nitrogen and oxygen atoms in total. The molecule has 0 amide bonds. The molecule has 0 fully saturated rings. The Morgan fingerprint density at radius 1 is 1.26 bits per heavy atom. The van der Waals surface area contributed by atoms with Gasteiger partial charge in [-0.05, 0) is 18.2 Å². The highest BCUT2D eigenvalue weighted by atomic mass is 79.9. The third kappa shape index (κ3) is 10.8. The van der Waals surface area contributed by atoms with E-state index in [2.05, 4.69) is 42.6 Å². The van der Waals surface area contributed by atoms with Crippen molar-refractivity contribution < 1.29 is 68.6 Å². The van der Waals surface area contributed by atoms with Crippen LogP contribution in [0, 0.1) is 0 Å². The first-order chi connectivity index (χ1) is 16.1. The van der Waals surface area contributed by atoms with Crippen LogP contribution in [0.25, 0.3) is 6.08 Å². The van der Waals surface area contributed by atoms with E-state index in [4.69, 9.17) is 15.1 Å². The summed E-state index contributed by atoms with van der Waals surface area (Å²) in [5.74, 6) is 0.563. The van der Waals surface area contributed by atoms with Gasteiger partial charge in [0.1, 0.15) is 5.75 Å². The van der Waals surface area contributed by atoms with Gasteiger partial charge in [-0.25, -0.2) is 21.8 Å².